The van der Waals surface area contributed by atoms with E-state index < -0.39 is 5.60 Å². The molecule has 6 nitrogen and oxygen atoms in total. The maximum Gasteiger partial charge on any atom is 0.208 e. The zero-order valence-corrected chi connectivity index (χ0v) is 16.1. The SMILES string of the molecule is Nc1nc(C#CC2C3CC4CC(C3)CC2(O)C4)nc2c1ncn2C1CCCC1. The Morgan fingerprint density at radius 3 is 2.57 bits per heavy atom. The lowest BCUT2D eigenvalue weighted by Gasteiger charge is -2.57. The molecule has 2 aromatic heterocycles. The van der Waals surface area contributed by atoms with Crippen LogP contribution < -0.4 is 5.73 Å². The highest BCUT2D eigenvalue weighted by Crippen LogP contribution is 2.58. The Hall–Kier alpha value is -2.13. The predicted octanol–water partition coefficient (Wildman–Crippen LogP) is 3.06. The van der Waals surface area contributed by atoms with Crippen molar-refractivity contribution in [1.82, 2.24) is 19.5 Å². The van der Waals surface area contributed by atoms with Crippen molar-refractivity contribution in [2.45, 2.75) is 69.4 Å². The molecular weight excluding hydrogens is 350 g/mol. The van der Waals surface area contributed by atoms with Crippen LogP contribution in [0.2, 0.25) is 0 Å². The van der Waals surface area contributed by atoms with E-state index in [-0.39, 0.29) is 5.92 Å². The summed E-state index contributed by atoms with van der Waals surface area (Å²) in [5.74, 6) is 9.39. The van der Waals surface area contributed by atoms with E-state index in [1.54, 1.807) is 0 Å². The van der Waals surface area contributed by atoms with Gasteiger partial charge in [0.15, 0.2) is 11.5 Å². The highest BCUT2D eigenvalue weighted by atomic mass is 16.3. The summed E-state index contributed by atoms with van der Waals surface area (Å²) in [5.41, 5.74) is 7.04. The van der Waals surface area contributed by atoms with E-state index >= 15 is 0 Å². The van der Waals surface area contributed by atoms with E-state index in [9.17, 15) is 5.11 Å². The molecule has 5 aliphatic carbocycles. The van der Waals surface area contributed by atoms with E-state index in [1.165, 1.54) is 32.1 Å². The molecular formula is C22H27N5O. The minimum Gasteiger partial charge on any atom is -0.389 e. The summed E-state index contributed by atoms with van der Waals surface area (Å²) in [4.78, 5) is 13.6. The number of aromatic nitrogens is 4. The van der Waals surface area contributed by atoms with Crippen molar-refractivity contribution in [2.75, 3.05) is 5.73 Å². The largest absolute Gasteiger partial charge is 0.389 e. The van der Waals surface area contributed by atoms with Crippen molar-refractivity contribution in [3.05, 3.63) is 12.2 Å². The van der Waals surface area contributed by atoms with Gasteiger partial charge in [-0.15, -0.1) is 0 Å². The first kappa shape index (κ1) is 16.8. The first-order valence-corrected chi connectivity index (χ1v) is 10.8. The molecule has 0 spiro atoms. The average Bonchev–Trinajstić information content (AvgIpc) is 3.29. The van der Waals surface area contributed by atoms with Crippen LogP contribution in [0.3, 0.4) is 0 Å². The van der Waals surface area contributed by atoms with E-state index in [0.29, 0.717) is 41.0 Å². The Morgan fingerprint density at radius 1 is 1.11 bits per heavy atom. The van der Waals surface area contributed by atoms with Gasteiger partial charge < -0.3 is 15.4 Å². The van der Waals surface area contributed by atoms with Gasteiger partial charge in [0, 0.05) is 6.04 Å². The van der Waals surface area contributed by atoms with Crippen LogP contribution in [-0.4, -0.2) is 30.2 Å². The van der Waals surface area contributed by atoms with Crippen LogP contribution in [0.4, 0.5) is 5.82 Å². The maximum absolute atomic E-state index is 11.2. The van der Waals surface area contributed by atoms with Crippen LogP contribution in [0.1, 0.15) is 69.7 Å². The molecule has 2 aromatic rings. The molecule has 0 aromatic carbocycles. The minimum absolute atomic E-state index is 0.0422. The molecule has 6 heteroatoms. The number of imidazole rings is 1. The van der Waals surface area contributed by atoms with E-state index in [0.717, 1.165) is 31.3 Å². The molecule has 2 heterocycles. The van der Waals surface area contributed by atoms with Crippen molar-refractivity contribution in [2.24, 2.45) is 23.7 Å². The van der Waals surface area contributed by atoms with Gasteiger partial charge in [0.25, 0.3) is 0 Å². The number of hydrogen-bond donors (Lipinski definition) is 2. The van der Waals surface area contributed by atoms with Gasteiger partial charge in [0.05, 0.1) is 17.8 Å². The lowest BCUT2D eigenvalue weighted by Crippen LogP contribution is -2.56. The lowest BCUT2D eigenvalue weighted by molar-refractivity contribution is -0.152. The Kier molecular flexibility index (Phi) is 3.56. The van der Waals surface area contributed by atoms with Gasteiger partial charge in [0.1, 0.15) is 5.52 Å². The standard InChI is InChI=1S/C22H27N5O/c23-20-19-21(27(12-24-19)16-3-1-2-4-16)26-18(25-20)6-5-17-15-8-13-7-14(9-15)11-22(17,28)10-13/h12-17,28H,1-4,7-11H2,(H2,23,25,26). The summed E-state index contributed by atoms with van der Waals surface area (Å²) < 4.78 is 2.15. The number of hydrogen-bond acceptors (Lipinski definition) is 5. The van der Waals surface area contributed by atoms with Gasteiger partial charge in [-0.1, -0.05) is 18.8 Å². The van der Waals surface area contributed by atoms with Crippen LogP contribution >= 0.6 is 0 Å². The number of nitrogens with zero attached hydrogens (tertiary/aromatic N) is 4. The van der Waals surface area contributed by atoms with Crippen LogP contribution in [0, 0.1) is 35.5 Å². The summed E-state index contributed by atoms with van der Waals surface area (Å²) in [7, 11) is 0. The second-order valence-corrected chi connectivity index (χ2v) is 9.65. The zero-order chi connectivity index (χ0) is 18.9. The minimum atomic E-state index is -0.608. The Morgan fingerprint density at radius 2 is 1.86 bits per heavy atom. The van der Waals surface area contributed by atoms with E-state index in [4.69, 9.17) is 10.7 Å². The fraction of sp³-hybridized carbons (Fsp3) is 0.682. The van der Waals surface area contributed by atoms with Crippen LogP contribution in [-0.2, 0) is 0 Å². The molecule has 3 atom stereocenters. The van der Waals surface area contributed by atoms with Crippen LogP contribution in [0.5, 0.6) is 0 Å². The molecule has 5 aliphatic rings. The van der Waals surface area contributed by atoms with Gasteiger partial charge in [-0.05, 0) is 68.6 Å². The molecule has 5 saturated carbocycles. The Balaban J connectivity index is 1.36. The third-order valence-electron chi connectivity index (χ3n) is 7.78. The predicted molar refractivity (Wildman–Crippen MR) is 106 cm³/mol. The molecule has 146 valence electrons. The van der Waals surface area contributed by atoms with Gasteiger partial charge in [-0.3, -0.25) is 0 Å². The summed E-state index contributed by atoms with van der Waals surface area (Å²) in [6.45, 7) is 0. The summed E-state index contributed by atoms with van der Waals surface area (Å²) >= 11 is 0. The highest BCUT2D eigenvalue weighted by molar-refractivity contribution is 5.82. The second kappa shape index (κ2) is 5.93. The van der Waals surface area contributed by atoms with Crippen LogP contribution in [0.15, 0.2) is 6.33 Å². The quantitative estimate of drug-likeness (QED) is 0.746. The summed E-state index contributed by atoms with van der Waals surface area (Å²) in [6.07, 6.45) is 12.2. The van der Waals surface area contributed by atoms with Crippen molar-refractivity contribution < 1.29 is 5.11 Å². The number of nitrogen functional groups attached to an aromatic ring is 1. The molecule has 0 aliphatic heterocycles. The monoisotopic (exact) mass is 377 g/mol. The van der Waals surface area contributed by atoms with E-state index in [2.05, 4.69) is 26.4 Å². The molecule has 0 saturated heterocycles. The molecule has 3 unspecified atom stereocenters. The number of nitrogens with two attached hydrogens (primary N) is 1. The fourth-order valence-corrected chi connectivity index (χ4v) is 6.84. The zero-order valence-electron chi connectivity index (χ0n) is 16.1. The molecule has 3 N–H and O–H groups in total. The average molecular weight is 377 g/mol. The maximum atomic E-state index is 11.2. The van der Waals surface area contributed by atoms with Gasteiger partial charge >= 0.3 is 0 Å². The third-order valence-corrected chi connectivity index (χ3v) is 7.78. The summed E-state index contributed by atoms with van der Waals surface area (Å²) in [6, 6.07) is 0.449. The number of fused-ring (bicyclic) bond motifs is 1. The van der Waals surface area contributed by atoms with Crippen molar-refractivity contribution >= 4 is 17.0 Å². The smallest absolute Gasteiger partial charge is 0.208 e. The normalized spacial score (nSPS) is 36.8. The summed E-state index contributed by atoms with van der Waals surface area (Å²) in [5, 5.41) is 11.2. The third kappa shape index (κ3) is 2.49. The lowest BCUT2D eigenvalue weighted by atomic mass is 9.50. The van der Waals surface area contributed by atoms with Crippen LogP contribution in [0.25, 0.3) is 11.2 Å². The Bertz CT molecular complexity index is 982. The van der Waals surface area contributed by atoms with Crippen molar-refractivity contribution in [1.29, 1.82) is 0 Å². The molecule has 5 fully saturated rings. The second-order valence-electron chi connectivity index (χ2n) is 9.65. The molecule has 0 radical (unpaired) electrons. The molecule has 0 amide bonds. The van der Waals surface area contributed by atoms with E-state index in [1.807, 2.05) is 6.33 Å². The first-order valence-electron chi connectivity index (χ1n) is 10.8. The van der Waals surface area contributed by atoms with Crippen molar-refractivity contribution in [3.63, 3.8) is 0 Å². The Labute approximate surface area is 165 Å². The molecule has 7 rings (SSSR count). The number of anilines is 1. The number of rotatable bonds is 1. The van der Waals surface area contributed by atoms with Gasteiger partial charge in [0.2, 0.25) is 5.82 Å². The highest BCUT2D eigenvalue weighted by Gasteiger charge is 2.55. The molecule has 28 heavy (non-hydrogen) atoms. The van der Waals surface area contributed by atoms with Gasteiger partial charge in [-0.2, -0.15) is 0 Å². The first-order chi connectivity index (χ1) is 13.6. The fourth-order valence-electron chi connectivity index (χ4n) is 6.84. The topological polar surface area (TPSA) is 89.8 Å². The number of aliphatic hydroxyl groups is 1. The van der Waals surface area contributed by atoms with Crippen molar-refractivity contribution in [3.8, 4) is 11.8 Å². The molecule has 4 bridgehead atoms. The van der Waals surface area contributed by atoms with Gasteiger partial charge in [-0.25, -0.2) is 15.0 Å².